The summed E-state index contributed by atoms with van der Waals surface area (Å²) in [5.41, 5.74) is 4.20. The topological polar surface area (TPSA) is 61.9 Å². The Kier molecular flexibility index (Phi) is 6.15. The fraction of sp³-hybridized carbons (Fsp3) is 0.259. The molecule has 0 bridgehead atoms. The van der Waals surface area contributed by atoms with Crippen molar-refractivity contribution in [2.24, 2.45) is 0 Å². The third-order valence-corrected chi connectivity index (χ3v) is 7.82. The number of amides is 3. The molecule has 0 unspecified atom stereocenters. The molecule has 1 N–H and O–H groups in total. The first-order valence-electron chi connectivity index (χ1n) is 11.4. The summed E-state index contributed by atoms with van der Waals surface area (Å²) in [5, 5.41) is 2.99. The van der Waals surface area contributed by atoms with Crippen LogP contribution in [0.15, 0.2) is 66.7 Å². The van der Waals surface area contributed by atoms with Gasteiger partial charge in [0.25, 0.3) is 5.91 Å². The third kappa shape index (κ3) is 4.12. The highest BCUT2D eigenvalue weighted by atomic mass is 32.2. The Hall–Kier alpha value is -3.52. The molecule has 2 aliphatic heterocycles. The van der Waals surface area contributed by atoms with Crippen molar-refractivity contribution >= 4 is 29.4 Å². The number of hydrogen-bond acceptors (Lipinski definition) is 4. The normalized spacial score (nSPS) is 18.8. The van der Waals surface area contributed by atoms with Crippen LogP contribution in [-0.4, -0.2) is 36.2 Å². The van der Waals surface area contributed by atoms with Gasteiger partial charge in [-0.25, -0.2) is 9.18 Å². The lowest BCUT2D eigenvalue weighted by atomic mass is 10.1. The number of nitrogens with zero attached hydrogens (tertiary/aromatic N) is 2. The highest BCUT2D eigenvalue weighted by Gasteiger charge is 2.59. The van der Waals surface area contributed by atoms with E-state index in [9.17, 15) is 14.0 Å². The van der Waals surface area contributed by atoms with Crippen molar-refractivity contribution in [2.75, 3.05) is 24.3 Å². The van der Waals surface area contributed by atoms with Crippen molar-refractivity contribution in [1.82, 2.24) is 10.2 Å². The lowest BCUT2D eigenvalue weighted by Crippen LogP contribution is -2.53. The van der Waals surface area contributed by atoms with Gasteiger partial charge in [0.1, 0.15) is 11.6 Å². The number of urea groups is 1. The molecule has 3 aromatic carbocycles. The number of carbonyl (C=O) groups is 2. The predicted octanol–water partition coefficient (Wildman–Crippen LogP) is 4.80. The number of fused-ring (bicyclic) bond motifs is 2. The smallest absolute Gasteiger partial charge is 0.319 e. The standard InChI is InChI=1S/C27H26FN3O3S/c1-18-5-3-6-19(13-18)16-29-26(33)31-11-12-35-27(31)23-15-22(34-2)9-10-24(23)30(25(27)32)17-20-7-4-8-21(28)14-20/h3-10,13-15H,11-12,16-17H2,1-2H3,(H,29,33)/t27-/m0/s1. The number of benzene rings is 3. The van der Waals surface area contributed by atoms with Crippen LogP contribution in [0.25, 0.3) is 0 Å². The van der Waals surface area contributed by atoms with Gasteiger partial charge in [-0.05, 0) is 48.4 Å². The van der Waals surface area contributed by atoms with Crippen LogP contribution in [0.2, 0.25) is 0 Å². The quantitative estimate of drug-likeness (QED) is 0.557. The minimum Gasteiger partial charge on any atom is -0.497 e. The Morgan fingerprint density at radius 2 is 1.91 bits per heavy atom. The van der Waals surface area contributed by atoms with E-state index in [-0.39, 0.29) is 24.3 Å². The molecule has 0 saturated carbocycles. The first-order chi connectivity index (χ1) is 16.9. The summed E-state index contributed by atoms with van der Waals surface area (Å²) in [7, 11) is 1.57. The van der Waals surface area contributed by atoms with Crippen LogP contribution in [0.5, 0.6) is 5.75 Å². The second-order valence-corrected chi connectivity index (χ2v) is 9.98. The maximum Gasteiger partial charge on any atom is 0.319 e. The average Bonchev–Trinajstić information content (AvgIpc) is 3.39. The molecule has 3 aromatic rings. The van der Waals surface area contributed by atoms with Gasteiger partial charge < -0.3 is 15.0 Å². The fourth-order valence-electron chi connectivity index (χ4n) is 4.79. The maximum absolute atomic E-state index is 14.1. The minimum absolute atomic E-state index is 0.205. The molecular formula is C27H26FN3O3S. The fourth-order valence-corrected chi connectivity index (χ4v) is 6.24. The summed E-state index contributed by atoms with van der Waals surface area (Å²) in [6.45, 7) is 3.01. The van der Waals surface area contributed by atoms with Crippen LogP contribution in [0.3, 0.4) is 0 Å². The second-order valence-electron chi connectivity index (χ2n) is 8.70. The molecule has 0 radical (unpaired) electrons. The lowest BCUT2D eigenvalue weighted by molar-refractivity contribution is -0.123. The van der Waals surface area contributed by atoms with E-state index >= 15 is 0 Å². The molecule has 5 rings (SSSR count). The number of hydrogen-bond donors (Lipinski definition) is 1. The van der Waals surface area contributed by atoms with Crippen LogP contribution in [-0.2, 0) is 22.8 Å². The number of thioether (sulfide) groups is 1. The molecule has 35 heavy (non-hydrogen) atoms. The van der Waals surface area contributed by atoms with Crippen LogP contribution >= 0.6 is 11.8 Å². The third-order valence-electron chi connectivity index (χ3n) is 6.40. The first kappa shape index (κ1) is 23.2. The second kappa shape index (κ2) is 9.26. The highest BCUT2D eigenvalue weighted by molar-refractivity contribution is 8.01. The van der Waals surface area contributed by atoms with E-state index in [1.807, 2.05) is 43.3 Å². The molecule has 1 spiro atoms. The van der Waals surface area contributed by atoms with Crippen molar-refractivity contribution in [3.63, 3.8) is 0 Å². The molecule has 1 fully saturated rings. The zero-order valence-electron chi connectivity index (χ0n) is 19.6. The van der Waals surface area contributed by atoms with Crippen molar-refractivity contribution in [3.8, 4) is 5.75 Å². The van der Waals surface area contributed by atoms with E-state index in [1.165, 1.54) is 23.9 Å². The number of anilines is 1. The average molecular weight is 492 g/mol. The summed E-state index contributed by atoms with van der Waals surface area (Å²) in [5.74, 6) is 0.661. The summed E-state index contributed by atoms with van der Waals surface area (Å²) in [6, 6.07) is 19.3. The number of ether oxygens (including phenoxy) is 1. The van der Waals surface area contributed by atoms with Gasteiger partial charge in [-0.1, -0.05) is 42.0 Å². The van der Waals surface area contributed by atoms with E-state index < -0.39 is 4.87 Å². The monoisotopic (exact) mass is 491 g/mol. The molecule has 1 saturated heterocycles. The Bertz CT molecular complexity index is 1300. The number of aryl methyl sites for hydroxylation is 1. The van der Waals surface area contributed by atoms with Crippen molar-refractivity contribution in [2.45, 2.75) is 24.9 Å². The zero-order valence-corrected chi connectivity index (χ0v) is 20.4. The van der Waals surface area contributed by atoms with Gasteiger partial charge in [-0.15, -0.1) is 11.8 Å². The first-order valence-corrected chi connectivity index (χ1v) is 12.4. The van der Waals surface area contributed by atoms with Crippen molar-refractivity contribution < 1.29 is 18.7 Å². The Labute approximate surface area is 208 Å². The largest absolute Gasteiger partial charge is 0.497 e. The van der Waals surface area contributed by atoms with E-state index in [0.717, 1.165) is 11.1 Å². The van der Waals surface area contributed by atoms with Crippen molar-refractivity contribution in [1.29, 1.82) is 0 Å². The van der Waals surface area contributed by atoms with Gasteiger partial charge in [0.05, 0.1) is 19.3 Å². The Balaban J connectivity index is 1.49. The van der Waals surface area contributed by atoms with Gasteiger partial charge >= 0.3 is 6.03 Å². The predicted molar refractivity (Wildman–Crippen MR) is 135 cm³/mol. The number of methoxy groups -OCH3 is 1. The van der Waals surface area contributed by atoms with E-state index in [2.05, 4.69) is 5.32 Å². The Morgan fingerprint density at radius 1 is 1.11 bits per heavy atom. The van der Waals surface area contributed by atoms with Gasteiger partial charge in [-0.2, -0.15) is 0 Å². The number of rotatable bonds is 5. The van der Waals surface area contributed by atoms with Gasteiger partial charge in [0, 0.05) is 24.4 Å². The molecule has 8 heteroatoms. The molecule has 1 atom stereocenters. The number of halogens is 1. The maximum atomic E-state index is 14.1. The van der Waals surface area contributed by atoms with E-state index in [0.29, 0.717) is 41.4 Å². The lowest BCUT2D eigenvalue weighted by Gasteiger charge is -2.33. The van der Waals surface area contributed by atoms with Gasteiger partial charge in [0.15, 0.2) is 4.87 Å². The highest BCUT2D eigenvalue weighted by Crippen LogP contribution is 2.55. The zero-order chi connectivity index (χ0) is 24.6. The number of carbonyl (C=O) groups excluding carboxylic acids is 2. The molecule has 6 nitrogen and oxygen atoms in total. The summed E-state index contributed by atoms with van der Waals surface area (Å²) in [4.78, 5) is 29.6. The molecule has 0 aromatic heterocycles. The van der Waals surface area contributed by atoms with Gasteiger partial charge in [-0.3, -0.25) is 9.69 Å². The SMILES string of the molecule is COc1ccc2c(c1)[C@]1(SCCN1C(=O)NCc1cccc(C)c1)C(=O)N2Cc1cccc(F)c1. The van der Waals surface area contributed by atoms with E-state index in [1.54, 1.807) is 35.1 Å². The van der Waals surface area contributed by atoms with Crippen LogP contribution in [0, 0.1) is 12.7 Å². The van der Waals surface area contributed by atoms with E-state index in [4.69, 9.17) is 4.74 Å². The summed E-state index contributed by atoms with van der Waals surface area (Å²) in [6.07, 6.45) is 0. The van der Waals surface area contributed by atoms with Crippen LogP contribution < -0.4 is 15.0 Å². The molecule has 3 amide bonds. The van der Waals surface area contributed by atoms with Crippen LogP contribution in [0.4, 0.5) is 14.9 Å². The Morgan fingerprint density at radius 3 is 2.69 bits per heavy atom. The van der Waals surface area contributed by atoms with Gasteiger partial charge in [0.2, 0.25) is 0 Å². The summed E-state index contributed by atoms with van der Waals surface area (Å²) < 4.78 is 19.3. The summed E-state index contributed by atoms with van der Waals surface area (Å²) >= 11 is 1.44. The van der Waals surface area contributed by atoms with Crippen molar-refractivity contribution in [3.05, 3.63) is 94.8 Å². The number of nitrogens with one attached hydrogen (secondary N) is 1. The molecule has 180 valence electrons. The molecule has 2 heterocycles. The minimum atomic E-state index is -1.20. The molecule has 2 aliphatic rings. The molecular weight excluding hydrogens is 465 g/mol. The van der Waals surface area contributed by atoms with Crippen LogP contribution in [0.1, 0.15) is 22.3 Å². The molecule has 0 aliphatic carbocycles.